The van der Waals surface area contributed by atoms with Crippen LogP contribution < -0.4 is 14.8 Å². The first kappa shape index (κ1) is 20.8. The molecule has 1 saturated heterocycles. The van der Waals surface area contributed by atoms with E-state index in [1.807, 2.05) is 19.2 Å². The molecule has 0 amide bonds. The molecule has 0 bridgehead atoms. The minimum atomic E-state index is -0.157. The summed E-state index contributed by atoms with van der Waals surface area (Å²) in [7, 11) is 3.92. The number of hydrogen-bond donors (Lipinski definition) is 1. The van der Waals surface area contributed by atoms with E-state index in [1.165, 1.54) is 24.8 Å². The highest BCUT2D eigenvalue weighted by atomic mass is 16.5. The number of hydrogen-bond acceptors (Lipinski definition) is 4. The highest BCUT2D eigenvalue weighted by Gasteiger charge is 2.32. The molecule has 6 nitrogen and oxygen atoms in total. The van der Waals surface area contributed by atoms with Crippen molar-refractivity contribution in [2.75, 3.05) is 47.0 Å². The summed E-state index contributed by atoms with van der Waals surface area (Å²) in [6, 6.07) is 6.13. The maximum atomic E-state index is 6.07. The molecule has 0 spiro atoms. The molecule has 2 aliphatic heterocycles. The van der Waals surface area contributed by atoms with Crippen LogP contribution in [0.4, 0.5) is 0 Å². The van der Waals surface area contributed by atoms with E-state index in [2.05, 4.69) is 42.2 Å². The van der Waals surface area contributed by atoms with Crippen LogP contribution in [-0.4, -0.2) is 63.5 Å². The Morgan fingerprint density at radius 2 is 2.11 bits per heavy atom. The molecule has 2 aliphatic rings. The average molecular weight is 390 g/mol. The Morgan fingerprint density at radius 1 is 1.32 bits per heavy atom. The number of benzene rings is 1. The number of nitrogens with zero attached hydrogens (tertiary/aromatic N) is 2. The second kappa shape index (κ2) is 9.50. The Kier molecular flexibility index (Phi) is 7.05. The molecule has 0 unspecified atom stereocenters. The SMILES string of the molecule is CN=C(NCCOc1cccc2c1OC(C)(C)C2)N(C)CCC1CCOCC1. The van der Waals surface area contributed by atoms with Crippen LogP contribution in [0.1, 0.15) is 38.7 Å². The predicted molar refractivity (Wildman–Crippen MR) is 112 cm³/mol. The van der Waals surface area contributed by atoms with Gasteiger partial charge in [0.1, 0.15) is 12.2 Å². The molecule has 0 saturated carbocycles. The van der Waals surface area contributed by atoms with Gasteiger partial charge >= 0.3 is 0 Å². The summed E-state index contributed by atoms with van der Waals surface area (Å²) in [6.07, 6.45) is 4.45. The van der Waals surface area contributed by atoms with Crippen LogP contribution in [-0.2, 0) is 11.2 Å². The molecule has 28 heavy (non-hydrogen) atoms. The molecule has 1 N–H and O–H groups in total. The lowest BCUT2D eigenvalue weighted by Crippen LogP contribution is -2.41. The fraction of sp³-hybridized carbons (Fsp3) is 0.682. The van der Waals surface area contributed by atoms with Gasteiger partial charge in [-0.1, -0.05) is 12.1 Å². The van der Waals surface area contributed by atoms with Crippen LogP contribution in [0.3, 0.4) is 0 Å². The predicted octanol–water partition coefficient (Wildman–Crippen LogP) is 3.10. The first-order valence-corrected chi connectivity index (χ1v) is 10.4. The van der Waals surface area contributed by atoms with E-state index < -0.39 is 0 Å². The van der Waals surface area contributed by atoms with Crippen LogP contribution in [0.2, 0.25) is 0 Å². The van der Waals surface area contributed by atoms with Crippen molar-refractivity contribution in [3.05, 3.63) is 23.8 Å². The van der Waals surface area contributed by atoms with Crippen molar-refractivity contribution in [2.45, 2.75) is 45.1 Å². The Bertz CT molecular complexity index is 669. The van der Waals surface area contributed by atoms with Crippen molar-refractivity contribution < 1.29 is 14.2 Å². The lowest BCUT2D eigenvalue weighted by atomic mass is 9.96. The topological polar surface area (TPSA) is 55.3 Å². The van der Waals surface area contributed by atoms with Gasteiger partial charge in [0.2, 0.25) is 0 Å². The van der Waals surface area contributed by atoms with Gasteiger partial charge in [0.25, 0.3) is 0 Å². The van der Waals surface area contributed by atoms with Gasteiger partial charge in [-0.05, 0) is 45.1 Å². The van der Waals surface area contributed by atoms with Crippen LogP contribution in [0, 0.1) is 5.92 Å². The van der Waals surface area contributed by atoms with Crippen molar-refractivity contribution in [1.29, 1.82) is 0 Å². The second-order valence-electron chi connectivity index (χ2n) is 8.37. The van der Waals surface area contributed by atoms with Gasteiger partial charge in [0, 0.05) is 45.8 Å². The van der Waals surface area contributed by atoms with Crippen LogP contribution in [0.15, 0.2) is 23.2 Å². The number of para-hydroxylation sites is 1. The van der Waals surface area contributed by atoms with E-state index >= 15 is 0 Å². The van der Waals surface area contributed by atoms with Gasteiger partial charge in [0.15, 0.2) is 17.5 Å². The van der Waals surface area contributed by atoms with Gasteiger partial charge in [-0.25, -0.2) is 0 Å². The van der Waals surface area contributed by atoms with Gasteiger partial charge in [-0.3, -0.25) is 4.99 Å². The molecular weight excluding hydrogens is 354 g/mol. The lowest BCUT2D eigenvalue weighted by molar-refractivity contribution is 0.0625. The zero-order chi connectivity index (χ0) is 20.0. The Hall–Kier alpha value is -1.95. The fourth-order valence-corrected chi connectivity index (χ4v) is 3.93. The van der Waals surface area contributed by atoms with E-state index in [1.54, 1.807) is 0 Å². The largest absolute Gasteiger partial charge is 0.488 e. The Balaban J connectivity index is 1.41. The third-order valence-corrected chi connectivity index (χ3v) is 5.48. The fourth-order valence-electron chi connectivity index (χ4n) is 3.93. The number of nitrogens with one attached hydrogen (secondary N) is 1. The van der Waals surface area contributed by atoms with Crippen molar-refractivity contribution >= 4 is 5.96 Å². The van der Waals surface area contributed by atoms with Crippen LogP contribution >= 0.6 is 0 Å². The molecule has 1 fully saturated rings. The molecule has 1 aromatic rings. The first-order valence-electron chi connectivity index (χ1n) is 10.4. The molecule has 0 radical (unpaired) electrons. The lowest BCUT2D eigenvalue weighted by Gasteiger charge is -2.26. The molecule has 3 rings (SSSR count). The number of ether oxygens (including phenoxy) is 3. The van der Waals surface area contributed by atoms with Crippen molar-refractivity contribution in [3.8, 4) is 11.5 Å². The standard InChI is InChI=1S/C22H35N3O3/c1-22(2)16-18-6-5-7-19(20(18)28-22)27-15-11-24-21(23-3)25(4)12-8-17-9-13-26-14-10-17/h5-7,17H,8-16H2,1-4H3,(H,23,24). The van der Waals surface area contributed by atoms with E-state index in [4.69, 9.17) is 14.2 Å². The van der Waals surface area contributed by atoms with Gasteiger partial charge in [-0.2, -0.15) is 0 Å². The van der Waals surface area contributed by atoms with E-state index in [0.717, 1.165) is 49.6 Å². The number of guanidine groups is 1. The monoisotopic (exact) mass is 389 g/mol. The summed E-state index contributed by atoms with van der Waals surface area (Å²) in [5.41, 5.74) is 1.06. The van der Waals surface area contributed by atoms with Crippen LogP contribution in [0.25, 0.3) is 0 Å². The van der Waals surface area contributed by atoms with E-state index in [9.17, 15) is 0 Å². The first-order chi connectivity index (χ1) is 13.5. The summed E-state index contributed by atoms with van der Waals surface area (Å²) in [5.74, 6) is 3.39. The average Bonchev–Trinajstić information content (AvgIpc) is 3.01. The van der Waals surface area contributed by atoms with Crippen molar-refractivity contribution in [3.63, 3.8) is 0 Å². The molecular formula is C22H35N3O3. The van der Waals surface area contributed by atoms with Crippen molar-refractivity contribution in [2.24, 2.45) is 10.9 Å². The zero-order valence-electron chi connectivity index (χ0n) is 17.8. The maximum absolute atomic E-state index is 6.07. The highest BCUT2D eigenvalue weighted by Crippen LogP contribution is 2.41. The minimum Gasteiger partial charge on any atom is -0.488 e. The quantitative estimate of drug-likeness (QED) is 0.441. The third-order valence-electron chi connectivity index (χ3n) is 5.48. The van der Waals surface area contributed by atoms with E-state index in [0.29, 0.717) is 13.2 Å². The van der Waals surface area contributed by atoms with Crippen molar-refractivity contribution in [1.82, 2.24) is 10.2 Å². The van der Waals surface area contributed by atoms with Gasteiger partial charge in [0.05, 0.1) is 6.54 Å². The maximum Gasteiger partial charge on any atom is 0.193 e. The summed E-state index contributed by atoms with van der Waals surface area (Å²) < 4.78 is 17.5. The summed E-state index contributed by atoms with van der Waals surface area (Å²) in [5, 5.41) is 3.40. The summed E-state index contributed by atoms with van der Waals surface area (Å²) in [4.78, 5) is 6.60. The van der Waals surface area contributed by atoms with Gasteiger partial charge in [-0.15, -0.1) is 0 Å². The molecule has 156 valence electrons. The highest BCUT2D eigenvalue weighted by molar-refractivity contribution is 5.79. The number of rotatable bonds is 7. The second-order valence-corrected chi connectivity index (χ2v) is 8.37. The molecule has 0 atom stereocenters. The Morgan fingerprint density at radius 3 is 2.86 bits per heavy atom. The third kappa shape index (κ3) is 5.53. The molecule has 0 aliphatic carbocycles. The number of aliphatic imine (C=N–C) groups is 1. The van der Waals surface area contributed by atoms with Crippen LogP contribution in [0.5, 0.6) is 11.5 Å². The number of fused-ring (bicyclic) bond motifs is 1. The minimum absolute atomic E-state index is 0.157. The normalized spacial score (nSPS) is 19.1. The van der Waals surface area contributed by atoms with Gasteiger partial charge < -0.3 is 24.4 Å². The summed E-state index contributed by atoms with van der Waals surface area (Å²) in [6.45, 7) is 8.29. The zero-order valence-corrected chi connectivity index (χ0v) is 17.8. The Labute approximate surface area is 169 Å². The van der Waals surface area contributed by atoms with E-state index in [-0.39, 0.29) is 5.60 Å². The summed E-state index contributed by atoms with van der Waals surface area (Å²) >= 11 is 0. The molecule has 0 aromatic heterocycles. The smallest absolute Gasteiger partial charge is 0.193 e. The molecule has 2 heterocycles. The molecule has 1 aromatic carbocycles. The molecule has 6 heteroatoms.